The van der Waals surface area contributed by atoms with E-state index >= 15 is 0 Å². The van der Waals surface area contributed by atoms with Crippen LogP contribution in [0.4, 0.5) is 0 Å². The Hall–Kier alpha value is -0.670. The molecule has 0 amide bonds. The minimum Gasteiger partial charge on any atom is -0.393 e. The van der Waals surface area contributed by atoms with Crippen molar-refractivity contribution < 1.29 is 14.6 Å². The molecule has 0 aromatic carbocycles. The van der Waals surface area contributed by atoms with Crippen LogP contribution in [0.1, 0.15) is 86.5 Å². The maximum atomic E-state index is 13.9. The van der Waals surface area contributed by atoms with Crippen LogP contribution in [0.3, 0.4) is 0 Å². The number of carbonyl (C=O) groups excluding carboxylic acids is 1. The van der Waals surface area contributed by atoms with Gasteiger partial charge in [0.2, 0.25) is 0 Å². The fourth-order valence-corrected chi connectivity index (χ4v) is 7.04. The zero-order valence-electron chi connectivity index (χ0n) is 20.3. The Morgan fingerprint density at radius 1 is 1.17 bits per heavy atom. The SMILES string of the molecule is CCOC1CC(O)C(CCC(C)C)C2CC3C(CCC(C)C3CC=C(C)C)C(=O)C12. The lowest BCUT2D eigenvalue weighted by molar-refractivity contribution is -0.167. The van der Waals surface area contributed by atoms with E-state index in [-0.39, 0.29) is 35.9 Å². The topological polar surface area (TPSA) is 46.5 Å². The molecule has 172 valence electrons. The zero-order valence-corrected chi connectivity index (χ0v) is 20.3. The molecule has 3 heteroatoms. The normalized spacial score (nSPS) is 41.3. The lowest BCUT2D eigenvalue weighted by Gasteiger charge is -2.54. The van der Waals surface area contributed by atoms with E-state index in [9.17, 15) is 9.90 Å². The molecule has 3 saturated carbocycles. The molecule has 3 aliphatic carbocycles. The molecule has 0 radical (unpaired) electrons. The second kappa shape index (κ2) is 10.3. The molecule has 0 aromatic rings. The molecular formula is C27H46O3. The average molecular weight is 419 g/mol. The standard InChI is InChI=1S/C27H46O3/c1-7-30-25-15-24(28)20(12-9-17(4)5)23-14-22-19(11-8-16(2)3)18(6)10-13-21(22)27(29)26(23)25/h8,17-26,28H,7,9-15H2,1-6H3. The van der Waals surface area contributed by atoms with Gasteiger partial charge in [-0.05, 0) is 88.4 Å². The molecule has 3 aliphatic rings. The summed E-state index contributed by atoms with van der Waals surface area (Å²) in [5, 5.41) is 11.1. The fourth-order valence-electron chi connectivity index (χ4n) is 7.04. The van der Waals surface area contributed by atoms with Crippen molar-refractivity contribution >= 4 is 5.78 Å². The maximum Gasteiger partial charge on any atom is 0.142 e. The number of aliphatic hydroxyl groups is 1. The highest BCUT2D eigenvalue weighted by atomic mass is 16.5. The van der Waals surface area contributed by atoms with Crippen LogP contribution in [0.15, 0.2) is 11.6 Å². The summed E-state index contributed by atoms with van der Waals surface area (Å²) in [6.45, 7) is 13.9. The molecule has 0 aliphatic heterocycles. The molecule has 3 nitrogen and oxygen atoms in total. The summed E-state index contributed by atoms with van der Waals surface area (Å²) >= 11 is 0. The molecular weight excluding hydrogens is 372 g/mol. The van der Waals surface area contributed by atoms with Crippen LogP contribution in [0.5, 0.6) is 0 Å². The number of fused-ring (bicyclic) bond motifs is 2. The Balaban J connectivity index is 1.90. The highest BCUT2D eigenvalue weighted by Gasteiger charge is 2.56. The molecule has 3 fully saturated rings. The number of carbonyl (C=O) groups is 1. The minimum absolute atomic E-state index is 0.00396. The van der Waals surface area contributed by atoms with E-state index in [0.29, 0.717) is 42.5 Å². The number of hydrogen-bond acceptors (Lipinski definition) is 3. The van der Waals surface area contributed by atoms with Crippen molar-refractivity contribution in [3.05, 3.63) is 11.6 Å². The third kappa shape index (κ3) is 5.04. The van der Waals surface area contributed by atoms with Crippen molar-refractivity contribution in [3.63, 3.8) is 0 Å². The van der Waals surface area contributed by atoms with E-state index in [0.717, 1.165) is 32.1 Å². The van der Waals surface area contributed by atoms with Crippen LogP contribution >= 0.6 is 0 Å². The number of rotatable bonds is 7. The van der Waals surface area contributed by atoms with E-state index in [2.05, 4.69) is 40.7 Å². The zero-order chi connectivity index (χ0) is 22.0. The summed E-state index contributed by atoms with van der Waals surface area (Å²) in [7, 11) is 0. The number of ether oxygens (including phenoxy) is 1. The average Bonchev–Trinajstić information content (AvgIpc) is 2.66. The summed E-state index contributed by atoms with van der Waals surface area (Å²) in [5.41, 5.74) is 1.38. The van der Waals surface area contributed by atoms with Crippen LogP contribution < -0.4 is 0 Å². The Morgan fingerprint density at radius 2 is 1.90 bits per heavy atom. The molecule has 0 saturated heterocycles. The Kier molecular flexibility index (Phi) is 8.23. The first-order chi connectivity index (χ1) is 14.2. The summed E-state index contributed by atoms with van der Waals surface area (Å²) in [4.78, 5) is 13.9. The Morgan fingerprint density at radius 3 is 2.53 bits per heavy atom. The molecule has 9 unspecified atom stereocenters. The molecule has 30 heavy (non-hydrogen) atoms. The number of ketones is 1. The second-order valence-corrected chi connectivity index (χ2v) is 11.3. The Bertz CT molecular complexity index is 605. The van der Waals surface area contributed by atoms with Gasteiger partial charge in [0.15, 0.2) is 0 Å². The summed E-state index contributed by atoms with van der Waals surface area (Å²) in [5.74, 6) is 3.62. The van der Waals surface area contributed by atoms with Crippen molar-refractivity contribution in [2.75, 3.05) is 6.61 Å². The van der Waals surface area contributed by atoms with Gasteiger partial charge in [0.05, 0.1) is 12.2 Å². The molecule has 0 bridgehead atoms. The van der Waals surface area contributed by atoms with Crippen molar-refractivity contribution in [2.45, 2.75) is 98.7 Å². The first-order valence-corrected chi connectivity index (χ1v) is 12.7. The molecule has 0 heterocycles. The van der Waals surface area contributed by atoms with Crippen molar-refractivity contribution in [1.29, 1.82) is 0 Å². The van der Waals surface area contributed by atoms with Crippen LogP contribution in [0.25, 0.3) is 0 Å². The van der Waals surface area contributed by atoms with Gasteiger partial charge in [0, 0.05) is 24.9 Å². The van der Waals surface area contributed by atoms with E-state index in [1.807, 2.05) is 6.92 Å². The van der Waals surface area contributed by atoms with E-state index in [1.165, 1.54) is 12.0 Å². The van der Waals surface area contributed by atoms with Crippen molar-refractivity contribution in [2.24, 2.45) is 47.3 Å². The Labute approximate surface area is 185 Å². The maximum absolute atomic E-state index is 13.9. The first-order valence-electron chi connectivity index (χ1n) is 12.7. The monoisotopic (exact) mass is 418 g/mol. The second-order valence-electron chi connectivity index (χ2n) is 11.3. The lowest BCUT2D eigenvalue weighted by Crippen LogP contribution is -2.57. The minimum atomic E-state index is -0.330. The number of hydrogen-bond donors (Lipinski definition) is 1. The van der Waals surface area contributed by atoms with E-state index in [1.54, 1.807) is 0 Å². The summed E-state index contributed by atoms with van der Waals surface area (Å²) < 4.78 is 6.08. The van der Waals surface area contributed by atoms with Gasteiger partial charge in [-0.15, -0.1) is 0 Å². The van der Waals surface area contributed by atoms with Gasteiger partial charge >= 0.3 is 0 Å². The highest BCUT2D eigenvalue weighted by molar-refractivity contribution is 5.85. The summed E-state index contributed by atoms with van der Waals surface area (Å²) in [6.07, 6.45) is 9.20. The van der Waals surface area contributed by atoms with Gasteiger partial charge in [0.1, 0.15) is 5.78 Å². The van der Waals surface area contributed by atoms with Crippen molar-refractivity contribution in [3.8, 4) is 0 Å². The highest BCUT2D eigenvalue weighted by Crippen LogP contribution is 2.55. The van der Waals surface area contributed by atoms with Gasteiger partial charge in [-0.25, -0.2) is 0 Å². The largest absolute Gasteiger partial charge is 0.393 e. The van der Waals surface area contributed by atoms with Crippen LogP contribution in [-0.2, 0) is 9.53 Å². The predicted molar refractivity (Wildman–Crippen MR) is 123 cm³/mol. The van der Waals surface area contributed by atoms with Gasteiger partial charge in [-0.2, -0.15) is 0 Å². The third-order valence-corrected chi connectivity index (χ3v) is 8.61. The number of aliphatic hydroxyl groups excluding tert-OH is 1. The number of Topliss-reactive ketones (excluding diaryl/α,β-unsaturated/α-hetero) is 1. The quantitative estimate of drug-likeness (QED) is 0.512. The van der Waals surface area contributed by atoms with Crippen LogP contribution in [-0.4, -0.2) is 29.7 Å². The smallest absolute Gasteiger partial charge is 0.142 e. The van der Waals surface area contributed by atoms with E-state index in [4.69, 9.17) is 4.74 Å². The van der Waals surface area contributed by atoms with Gasteiger partial charge in [-0.3, -0.25) is 4.79 Å². The van der Waals surface area contributed by atoms with Gasteiger partial charge < -0.3 is 9.84 Å². The van der Waals surface area contributed by atoms with E-state index < -0.39 is 0 Å². The number of allylic oxidation sites excluding steroid dienone is 2. The van der Waals surface area contributed by atoms with Crippen molar-refractivity contribution in [1.82, 2.24) is 0 Å². The third-order valence-electron chi connectivity index (χ3n) is 8.61. The van der Waals surface area contributed by atoms with Crippen LogP contribution in [0, 0.1) is 47.3 Å². The molecule has 9 atom stereocenters. The lowest BCUT2D eigenvalue weighted by atomic mass is 9.51. The molecule has 0 spiro atoms. The van der Waals surface area contributed by atoms with Crippen LogP contribution in [0.2, 0.25) is 0 Å². The summed E-state index contributed by atoms with van der Waals surface area (Å²) in [6, 6.07) is 0. The first kappa shape index (κ1) is 24.0. The molecule has 1 N–H and O–H groups in total. The van der Waals surface area contributed by atoms with Gasteiger partial charge in [0.25, 0.3) is 0 Å². The molecule has 3 rings (SSSR count). The predicted octanol–water partition coefficient (Wildman–Crippen LogP) is 6.05. The fraction of sp³-hybridized carbons (Fsp3) is 0.889. The van der Waals surface area contributed by atoms with Gasteiger partial charge in [-0.1, -0.05) is 38.8 Å². The molecule has 0 aromatic heterocycles.